The summed E-state index contributed by atoms with van der Waals surface area (Å²) >= 11 is 0. The summed E-state index contributed by atoms with van der Waals surface area (Å²) in [5.74, 6) is 0.0619. The van der Waals surface area contributed by atoms with Gasteiger partial charge in [-0.1, -0.05) is 69.3 Å². The van der Waals surface area contributed by atoms with E-state index in [1.807, 2.05) is 69.3 Å². The predicted octanol–water partition coefficient (Wildman–Crippen LogP) is 6.64. The predicted molar refractivity (Wildman–Crippen MR) is 144 cm³/mol. The lowest BCUT2D eigenvalue weighted by Gasteiger charge is -2.20. The first-order chi connectivity index (χ1) is 17.2. The SMILES string of the molecule is CC(C)(C)CC(=O)/C(=C/C1=CC=CC1)Nc1ncc(-c2cc(N)cc(F)c2)nc1Cc1ccccc1. The molecule has 0 atom stereocenters. The number of nitrogens with zero attached hydrogens (tertiary/aromatic N) is 2. The molecule has 1 aromatic heterocycles. The Morgan fingerprint density at radius 1 is 1.17 bits per heavy atom. The van der Waals surface area contributed by atoms with Crippen LogP contribution in [0, 0.1) is 11.2 Å². The summed E-state index contributed by atoms with van der Waals surface area (Å²) in [6.07, 6.45) is 11.1. The number of carbonyl (C=O) groups is 1. The van der Waals surface area contributed by atoms with Gasteiger partial charge in [0.05, 0.1) is 23.3 Å². The smallest absolute Gasteiger partial charge is 0.179 e. The number of aromatic nitrogens is 2. The van der Waals surface area contributed by atoms with Crippen molar-refractivity contribution in [2.24, 2.45) is 5.41 Å². The van der Waals surface area contributed by atoms with Gasteiger partial charge in [0.1, 0.15) is 5.82 Å². The molecule has 184 valence electrons. The quantitative estimate of drug-likeness (QED) is 0.278. The van der Waals surface area contributed by atoms with Crippen LogP contribution >= 0.6 is 0 Å². The zero-order chi connectivity index (χ0) is 25.7. The lowest BCUT2D eigenvalue weighted by atomic mass is 9.88. The van der Waals surface area contributed by atoms with Crippen molar-refractivity contribution >= 4 is 17.3 Å². The molecule has 0 spiro atoms. The Kier molecular flexibility index (Phi) is 7.44. The van der Waals surface area contributed by atoms with Crippen LogP contribution in [0.2, 0.25) is 0 Å². The molecular formula is C30H31FN4O. The van der Waals surface area contributed by atoms with Gasteiger partial charge in [0.15, 0.2) is 11.6 Å². The van der Waals surface area contributed by atoms with Crippen molar-refractivity contribution in [2.75, 3.05) is 11.1 Å². The van der Waals surface area contributed by atoms with Gasteiger partial charge in [-0.15, -0.1) is 0 Å². The maximum Gasteiger partial charge on any atom is 0.179 e. The van der Waals surface area contributed by atoms with Crippen LogP contribution in [-0.2, 0) is 11.2 Å². The molecular weight excluding hydrogens is 451 g/mol. The lowest BCUT2D eigenvalue weighted by molar-refractivity contribution is -0.117. The number of nitrogen functional groups attached to an aromatic ring is 1. The summed E-state index contributed by atoms with van der Waals surface area (Å²) in [4.78, 5) is 22.8. The number of benzene rings is 2. The van der Waals surface area contributed by atoms with E-state index in [-0.39, 0.29) is 11.2 Å². The highest BCUT2D eigenvalue weighted by molar-refractivity contribution is 5.98. The number of anilines is 2. The largest absolute Gasteiger partial charge is 0.399 e. The molecule has 0 bridgehead atoms. The molecule has 3 aromatic rings. The molecule has 3 N–H and O–H groups in total. The van der Waals surface area contributed by atoms with Crippen LogP contribution in [0.1, 0.15) is 44.9 Å². The molecule has 0 aliphatic heterocycles. The minimum absolute atomic E-state index is 0.00439. The third-order valence-electron chi connectivity index (χ3n) is 5.65. The number of hydrogen-bond acceptors (Lipinski definition) is 5. The van der Waals surface area contributed by atoms with Gasteiger partial charge in [-0.25, -0.2) is 14.4 Å². The Bertz CT molecular complexity index is 1330. The van der Waals surface area contributed by atoms with E-state index in [2.05, 4.69) is 16.4 Å². The molecule has 1 aliphatic carbocycles. The maximum absolute atomic E-state index is 14.0. The molecule has 0 fully saturated rings. The lowest BCUT2D eigenvalue weighted by Crippen LogP contribution is -2.20. The molecule has 1 aliphatic rings. The van der Waals surface area contributed by atoms with Crippen LogP contribution in [-0.4, -0.2) is 15.8 Å². The summed E-state index contributed by atoms with van der Waals surface area (Å²) in [6, 6.07) is 14.2. The van der Waals surface area contributed by atoms with E-state index in [9.17, 15) is 9.18 Å². The fourth-order valence-electron chi connectivity index (χ4n) is 3.99. The number of hydrogen-bond donors (Lipinski definition) is 2. The monoisotopic (exact) mass is 482 g/mol. The molecule has 0 saturated carbocycles. The number of Topliss-reactive ketones (excluding diaryl/α,β-unsaturated/α-hetero) is 1. The second kappa shape index (κ2) is 10.7. The zero-order valence-electron chi connectivity index (χ0n) is 20.9. The van der Waals surface area contributed by atoms with Gasteiger partial charge in [-0.05, 0) is 47.2 Å². The Balaban J connectivity index is 1.74. The van der Waals surface area contributed by atoms with Crippen LogP contribution in [0.15, 0.2) is 90.3 Å². The normalized spacial score (nSPS) is 13.6. The Labute approximate surface area is 211 Å². The molecule has 36 heavy (non-hydrogen) atoms. The maximum atomic E-state index is 14.0. The zero-order valence-corrected chi connectivity index (χ0v) is 20.9. The molecule has 6 heteroatoms. The first-order valence-corrected chi connectivity index (χ1v) is 12.0. The van der Waals surface area contributed by atoms with Crippen LogP contribution in [0.5, 0.6) is 0 Å². The van der Waals surface area contributed by atoms with Gasteiger partial charge < -0.3 is 11.1 Å². The minimum Gasteiger partial charge on any atom is -0.399 e. The fraction of sp³-hybridized carbons (Fsp3) is 0.233. The fourth-order valence-corrected chi connectivity index (χ4v) is 3.99. The molecule has 2 aromatic carbocycles. The first-order valence-electron chi connectivity index (χ1n) is 12.0. The van der Waals surface area contributed by atoms with Crippen LogP contribution in [0.4, 0.5) is 15.9 Å². The minimum atomic E-state index is -0.435. The van der Waals surface area contributed by atoms with Gasteiger partial charge >= 0.3 is 0 Å². The Morgan fingerprint density at radius 3 is 2.61 bits per heavy atom. The second-order valence-electron chi connectivity index (χ2n) is 10.2. The van der Waals surface area contributed by atoms with Crippen molar-refractivity contribution in [3.8, 4) is 11.3 Å². The number of rotatable bonds is 8. The summed E-state index contributed by atoms with van der Waals surface area (Å²) < 4.78 is 14.0. The van der Waals surface area contributed by atoms with E-state index in [1.54, 1.807) is 12.3 Å². The number of nitrogens with two attached hydrogens (primary N) is 1. The highest BCUT2D eigenvalue weighted by Crippen LogP contribution is 2.27. The van der Waals surface area contributed by atoms with Gasteiger partial charge in [-0.3, -0.25) is 4.79 Å². The number of ketones is 1. The van der Waals surface area contributed by atoms with E-state index in [0.29, 0.717) is 47.0 Å². The summed E-state index contributed by atoms with van der Waals surface area (Å²) in [7, 11) is 0. The highest BCUT2D eigenvalue weighted by atomic mass is 19.1. The third-order valence-corrected chi connectivity index (χ3v) is 5.65. The van der Waals surface area contributed by atoms with Crippen molar-refractivity contribution in [1.82, 2.24) is 9.97 Å². The standard InChI is InChI=1S/C30H31FN4O/c1-30(2,3)18-28(36)25(13-20-11-7-8-12-20)35-29-26(14-21-9-5-4-6-10-21)34-27(19-33-29)22-15-23(31)17-24(32)16-22/h4-11,13,15-17,19H,12,14,18,32H2,1-3H3,(H,33,35)/b25-13-. The Morgan fingerprint density at radius 2 is 1.94 bits per heavy atom. The number of carbonyl (C=O) groups excluding carboxylic acids is 1. The number of allylic oxidation sites excluding steroid dienone is 6. The summed E-state index contributed by atoms with van der Waals surface area (Å²) in [5, 5.41) is 3.29. The molecule has 0 amide bonds. The van der Waals surface area contributed by atoms with Crippen molar-refractivity contribution in [3.63, 3.8) is 0 Å². The van der Waals surface area contributed by atoms with Gasteiger partial charge in [-0.2, -0.15) is 0 Å². The molecule has 5 nitrogen and oxygen atoms in total. The van der Waals surface area contributed by atoms with Crippen molar-refractivity contribution in [2.45, 2.75) is 40.0 Å². The first kappa shape index (κ1) is 25.0. The summed E-state index contributed by atoms with van der Waals surface area (Å²) in [6.45, 7) is 6.12. The molecule has 0 saturated heterocycles. The summed E-state index contributed by atoms with van der Waals surface area (Å²) in [5.41, 5.74) is 10.3. The molecule has 0 unspecified atom stereocenters. The molecule has 1 heterocycles. The highest BCUT2D eigenvalue weighted by Gasteiger charge is 2.21. The van der Waals surface area contributed by atoms with Crippen LogP contribution in [0.3, 0.4) is 0 Å². The number of nitrogens with one attached hydrogen (secondary N) is 1. The average molecular weight is 483 g/mol. The second-order valence-corrected chi connectivity index (χ2v) is 10.2. The third kappa shape index (κ3) is 6.75. The van der Waals surface area contributed by atoms with E-state index in [1.165, 1.54) is 12.1 Å². The van der Waals surface area contributed by atoms with Gasteiger partial charge in [0.25, 0.3) is 0 Å². The van der Waals surface area contributed by atoms with Crippen LogP contribution in [0.25, 0.3) is 11.3 Å². The van der Waals surface area contributed by atoms with Gasteiger partial charge in [0.2, 0.25) is 0 Å². The topological polar surface area (TPSA) is 80.9 Å². The van der Waals surface area contributed by atoms with E-state index < -0.39 is 5.82 Å². The Hall–Kier alpha value is -4.06. The van der Waals surface area contributed by atoms with Crippen molar-refractivity contribution in [1.29, 1.82) is 0 Å². The molecule has 4 rings (SSSR count). The average Bonchev–Trinajstić information content (AvgIpc) is 3.32. The van der Waals surface area contributed by atoms with Crippen molar-refractivity contribution in [3.05, 3.63) is 107 Å². The van der Waals surface area contributed by atoms with E-state index in [4.69, 9.17) is 10.7 Å². The van der Waals surface area contributed by atoms with E-state index in [0.717, 1.165) is 17.6 Å². The van der Waals surface area contributed by atoms with Crippen LogP contribution < -0.4 is 11.1 Å². The van der Waals surface area contributed by atoms with Gasteiger partial charge in [0, 0.05) is 24.1 Å². The molecule has 0 radical (unpaired) electrons. The van der Waals surface area contributed by atoms with E-state index >= 15 is 0 Å². The van der Waals surface area contributed by atoms with Crippen molar-refractivity contribution < 1.29 is 9.18 Å². The number of halogens is 1.